The van der Waals surface area contributed by atoms with Crippen LogP contribution in [-0.2, 0) is 0 Å². The van der Waals surface area contributed by atoms with Crippen molar-refractivity contribution in [1.29, 1.82) is 0 Å². The van der Waals surface area contributed by atoms with Gasteiger partial charge in [-0.15, -0.1) is 0 Å². The van der Waals surface area contributed by atoms with Crippen LogP contribution < -0.4 is 0 Å². The largest absolute Gasteiger partial charge is 0.0912 e. The summed E-state index contributed by atoms with van der Waals surface area (Å²) < 4.78 is 0. The first kappa shape index (κ1) is 7.07. The molecule has 0 saturated carbocycles. The van der Waals surface area contributed by atoms with E-state index in [4.69, 9.17) is 0 Å². The average molecular weight is 132 g/mol. The van der Waals surface area contributed by atoms with Gasteiger partial charge in [0.05, 0.1) is 0 Å². The molecule has 0 saturated heterocycles. The fourth-order valence-corrected chi connectivity index (χ4v) is 0.932. The van der Waals surface area contributed by atoms with E-state index in [1.807, 2.05) is 6.08 Å². The van der Waals surface area contributed by atoms with Crippen LogP contribution >= 0.6 is 0 Å². The third kappa shape index (κ3) is 1.27. The number of rotatable bonds is 0. The zero-order valence-electron chi connectivity index (χ0n) is 6.35. The van der Waals surface area contributed by atoms with Gasteiger partial charge < -0.3 is 0 Å². The van der Waals surface area contributed by atoms with Crippen LogP contribution in [0.4, 0.5) is 0 Å². The molecule has 0 radical (unpaired) electrons. The SMILES string of the molecule is C=C1C=CCC=C(C)C1=C. The van der Waals surface area contributed by atoms with Crippen LogP contribution in [0, 0.1) is 0 Å². The Balaban J connectivity index is 2.96. The minimum absolute atomic E-state index is 1.00. The maximum atomic E-state index is 3.92. The van der Waals surface area contributed by atoms with E-state index in [1.165, 1.54) is 5.57 Å². The summed E-state index contributed by atoms with van der Waals surface area (Å²) in [6.07, 6.45) is 7.29. The third-order valence-electron chi connectivity index (χ3n) is 1.74. The molecule has 0 aromatic carbocycles. The van der Waals surface area contributed by atoms with Crippen molar-refractivity contribution in [2.24, 2.45) is 0 Å². The molecule has 0 unspecified atom stereocenters. The Kier molecular flexibility index (Phi) is 1.91. The molecule has 1 aliphatic carbocycles. The highest BCUT2D eigenvalue weighted by Gasteiger charge is 2.00. The van der Waals surface area contributed by atoms with E-state index in [-0.39, 0.29) is 0 Å². The predicted molar refractivity (Wildman–Crippen MR) is 45.8 cm³/mol. The van der Waals surface area contributed by atoms with Gasteiger partial charge in [0.2, 0.25) is 0 Å². The molecular weight excluding hydrogens is 120 g/mol. The van der Waals surface area contributed by atoms with Crippen LogP contribution in [0.1, 0.15) is 13.3 Å². The zero-order valence-corrected chi connectivity index (χ0v) is 6.35. The highest BCUT2D eigenvalue weighted by molar-refractivity contribution is 5.49. The summed E-state index contributed by atoms with van der Waals surface area (Å²) in [4.78, 5) is 0. The molecule has 0 N–H and O–H groups in total. The minimum Gasteiger partial charge on any atom is -0.0912 e. The second kappa shape index (κ2) is 2.70. The first-order valence-corrected chi connectivity index (χ1v) is 3.43. The van der Waals surface area contributed by atoms with Crippen LogP contribution in [0.3, 0.4) is 0 Å². The standard InChI is InChI=1S/C10H12/c1-8-6-4-5-7-9(2)10(8)3/h4,6-7H,1,3,5H2,2H3. The normalized spacial score (nSPS) is 18.7. The molecule has 0 aromatic heterocycles. The highest BCUT2D eigenvalue weighted by atomic mass is 14.1. The molecule has 0 heterocycles. The first-order valence-electron chi connectivity index (χ1n) is 3.43. The maximum absolute atomic E-state index is 3.92. The number of hydrogen-bond donors (Lipinski definition) is 0. The van der Waals surface area contributed by atoms with Crippen molar-refractivity contribution in [3.63, 3.8) is 0 Å². The molecule has 0 aliphatic heterocycles. The molecule has 0 amide bonds. The van der Waals surface area contributed by atoms with Gasteiger partial charge in [-0.2, -0.15) is 0 Å². The fourth-order valence-electron chi connectivity index (χ4n) is 0.932. The van der Waals surface area contributed by atoms with Crippen LogP contribution in [0.2, 0.25) is 0 Å². The van der Waals surface area contributed by atoms with Crippen molar-refractivity contribution in [2.45, 2.75) is 13.3 Å². The van der Waals surface area contributed by atoms with Gasteiger partial charge in [0, 0.05) is 0 Å². The molecule has 0 aromatic rings. The lowest BCUT2D eigenvalue weighted by Gasteiger charge is -2.01. The second-order valence-electron chi connectivity index (χ2n) is 2.53. The second-order valence-corrected chi connectivity index (χ2v) is 2.53. The summed E-state index contributed by atoms with van der Waals surface area (Å²) in [5, 5.41) is 0. The van der Waals surface area contributed by atoms with Gasteiger partial charge in [0.25, 0.3) is 0 Å². The maximum Gasteiger partial charge on any atom is -0.0160 e. The van der Waals surface area contributed by atoms with Crippen LogP contribution in [0.25, 0.3) is 0 Å². The fraction of sp³-hybridized carbons (Fsp3) is 0.200. The molecule has 1 rings (SSSR count). The van der Waals surface area contributed by atoms with Crippen molar-refractivity contribution >= 4 is 0 Å². The van der Waals surface area contributed by atoms with Crippen LogP contribution in [0.15, 0.2) is 48.1 Å². The lowest BCUT2D eigenvalue weighted by molar-refractivity contribution is 1.33. The van der Waals surface area contributed by atoms with Crippen LogP contribution in [0.5, 0.6) is 0 Å². The molecule has 52 valence electrons. The molecule has 0 fully saturated rings. The van der Waals surface area contributed by atoms with Crippen molar-refractivity contribution in [1.82, 2.24) is 0 Å². The quantitative estimate of drug-likeness (QED) is 0.475. The summed E-state index contributed by atoms with van der Waals surface area (Å²) in [5.41, 5.74) is 3.34. The Bertz CT molecular complexity index is 222. The lowest BCUT2D eigenvalue weighted by atomic mass is 10.0. The molecule has 0 atom stereocenters. The van der Waals surface area contributed by atoms with Gasteiger partial charge in [-0.05, 0) is 30.1 Å². The zero-order chi connectivity index (χ0) is 7.56. The first-order chi connectivity index (χ1) is 4.72. The Morgan fingerprint density at radius 1 is 1.40 bits per heavy atom. The van der Waals surface area contributed by atoms with E-state index in [1.54, 1.807) is 0 Å². The van der Waals surface area contributed by atoms with Gasteiger partial charge in [-0.25, -0.2) is 0 Å². The molecule has 10 heavy (non-hydrogen) atoms. The Morgan fingerprint density at radius 2 is 2.10 bits per heavy atom. The summed E-state index contributed by atoms with van der Waals surface area (Å²) in [6, 6.07) is 0. The molecule has 0 bridgehead atoms. The topological polar surface area (TPSA) is 0 Å². The highest BCUT2D eigenvalue weighted by Crippen LogP contribution is 2.20. The van der Waals surface area contributed by atoms with E-state index >= 15 is 0 Å². The van der Waals surface area contributed by atoms with Gasteiger partial charge in [-0.3, -0.25) is 0 Å². The van der Waals surface area contributed by atoms with Gasteiger partial charge in [-0.1, -0.05) is 31.4 Å². The number of hydrogen-bond acceptors (Lipinski definition) is 0. The van der Waals surface area contributed by atoms with Crippen LogP contribution in [-0.4, -0.2) is 0 Å². The molecule has 0 heteroatoms. The van der Waals surface area contributed by atoms with Crippen molar-refractivity contribution in [3.05, 3.63) is 48.1 Å². The summed E-state index contributed by atoms with van der Waals surface area (Å²) in [6.45, 7) is 9.87. The molecule has 1 aliphatic rings. The Morgan fingerprint density at radius 3 is 2.80 bits per heavy atom. The third-order valence-corrected chi connectivity index (χ3v) is 1.74. The van der Waals surface area contributed by atoms with Crippen molar-refractivity contribution < 1.29 is 0 Å². The van der Waals surface area contributed by atoms with Crippen molar-refractivity contribution in [2.75, 3.05) is 0 Å². The van der Waals surface area contributed by atoms with Gasteiger partial charge in [0.15, 0.2) is 0 Å². The van der Waals surface area contributed by atoms with Gasteiger partial charge >= 0.3 is 0 Å². The van der Waals surface area contributed by atoms with E-state index < -0.39 is 0 Å². The number of allylic oxidation sites excluding steroid dienone is 6. The lowest BCUT2D eigenvalue weighted by Crippen LogP contribution is -1.82. The molecule has 0 spiro atoms. The van der Waals surface area contributed by atoms with E-state index in [0.717, 1.165) is 17.6 Å². The van der Waals surface area contributed by atoms with E-state index in [9.17, 15) is 0 Å². The minimum atomic E-state index is 1.00. The average Bonchev–Trinajstić information content (AvgIpc) is 2.04. The summed E-state index contributed by atoms with van der Waals surface area (Å²) in [7, 11) is 0. The van der Waals surface area contributed by atoms with Gasteiger partial charge in [0.1, 0.15) is 0 Å². The summed E-state index contributed by atoms with van der Waals surface area (Å²) >= 11 is 0. The van der Waals surface area contributed by atoms with E-state index in [2.05, 4.69) is 32.2 Å². The smallest absolute Gasteiger partial charge is 0.0160 e. The van der Waals surface area contributed by atoms with E-state index in [0.29, 0.717) is 0 Å². The monoisotopic (exact) mass is 132 g/mol. The molecule has 0 nitrogen and oxygen atoms in total. The predicted octanol–water partition coefficient (Wildman–Crippen LogP) is 3.01. The Labute approximate surface area is 62.3 Å². The Hall–Kier alpha value is -1.04. The van der Waals surface area contributed by atoms with Crippen molar-refractivity contribution in [3.8, 4) is 0 Å². The summed E-state index contributed by atoms with van der Waals surface area (Å²) in [5.74, 6) is 0. The molecular formula is C10H12.